The molecule has 0 aliphatic rings. The third-order valence-corrected chi connectivity index (χ3v) is 2.05. The first-order chi connectivity index (χ1) is 6.06. The van der Waals surface area contributed by atoms with E-state index in [1.54, 1.807) is 13.0 Å². The lowest BCUT2D eigenvalue weighted by atomic mass is 10.0. The van der Waals surface area contributed by atoms with Gasteiger partial charge in [-0.15, -0.1) is 0 Å². The van der Waals surface area contributed by atoms with Crippen molar-refractivity contribution < 1.29 is 4.92 Å². The van der Waals surface area contributed by atoms with Crippen molar-refractivity contribution >= 4 is 5.69 Å². The quantitative estimate of drug-likeness (QED) is 0.556. The maximum atomic E-state index is 10.6. The molecule has 0 unspecified atom stereocenters. The Labute approximate surface area is 76.5 Å². The molecular weight excluding hydrogens is 168 g/mol. The standard InChI is InChI=1S/C9H12N2O2/c1-6-3-8(5-10)7(2)9(4-6)11(12)13/h3-4H,5,10H2,1-2H3. The zero-order valence-corrected chi connectivity index (χ0v) is 7.70. The van der Waals surface area contributed by atoms with Crippen LogP contribution in [-0.4, -0.2) is 4.92 Å². The number of nitro groups is 1. The van der Waals surface area contributed by atoms with Gasteiger partial charge in [0.25, 0.3) is 5.69 Å². The first-order valence-electron chi connectivity index (χ1n) is 4.01. The van der Waals surface area contributed by atoms with Crippen molar-refractivity contribution in [1.82, 2.24) is 0 Å². The van der Waals surface area contributed by atoms with E-state index in [9.17, 15) is 10.1 Å². The molecule has 0 aromatic heterocycles. The molecule has 0 heterocycles. The maximum absolute atomic E-state index is 10.6. The molecule has 4 nitrogen and oxygen atoms in total. The predicted molar refractivity (Wildman–Crippen MR) is 50.5 cm³/mol. The molecule has 0 saturated heterocycles. The van der Waals surface area contributed by atoms with E-state index in [4.69, 9.17) is 5.73 Å². The van der Waals surface area contributed by atoms with Crippen LogP contribution in [-0.2, 0) is 6.54 Å². The molecule has 1 aromatic rings. The lowest BCUT2D eigenvalue weighted by Crippen LogP contribution is -2.02. The van der Waals surface area contributed by atoms with E-state index in [2.05, 4.69) is 0 Å². The first-order valence-corrected chi connectivity index (χ1v) is 4.01. The number of aryl methyl sites for hydroxylation is 1. The van der Waals surface area contributed by atoms with Crippen LogP contribution in [0, 0.1) is 24.0 Å². The van der Waals surface area contributed by atoms with Crippen molar-refractivity contribution in [3.63, 3.8) is 0 Å². The van der Waals surface area contributed by atoms with Crippen molar-refractivity contribution in [3.05, 3.63) is 38.9 Å². The van der Waals surface area contributed by atoms with Gasteiger partial charge in [0.2, 0.25) is 0 Å². The summed E-state index contributed by atoms with van der Waals surface area (Å²) in [5, 5.41) is 10.6. The first kappa shape index (κ1) is 9.67. The molecule has 0 aliphatic heterocycles. The summed E-state index contributed by atoms with van der Waals surface area (Å²) in [6.45, 7) is 3.89. The van der Waals surface area contributed by atoms with Gasteiger partial charge < -0.3 is 5.73 Å². The van der Waals surface area contributed by atoms with Gasteiger partial charge in [-0.3, -0.25) is 10.1 Å². The van der Waals surface area contributed by atoms with E-state index in [0.717, 1.165) is 11.1 Å². The molecule has 13 heavy (non-hydrogen) atoms. The number of hydrogen-bond acceptors (Lipinski definition) is 3. The average molecular weight is 180 g/mol. The molecule has 1 rings (SSSR count). The molecule has 0 saturated carbocycles. The van der Waals surface area contributed by atoms with Crippen LogP contribution in [0.15, 0.2) is 12.1 Å². The molecule has 0 bridgehead atoms. The van der Waals surface area contributed by atoms with Gasteiger partial charge >= 0.3 is 0 Å². The Morgan fingerprint density at radius 2 is 2.08 bits per heavy atom. The van der Waals surface area contributed by atoms with E-state index in [1.165, 1.54) is 0 Å². The van der Waals surface area contributed by atoms with Crippen molar-refractivity contribution in [2.24, 2.45) is 5.73 Å². The van der Waals surface area contributed by atoms with Gasteiger partial charge in [0.05, 0.1) is 4.92 Å². The molecular formula is C9H12N2O2. The highest BCUT2D eigenvalue weighted by atomic mass is 16.6. The van der Waals surface area contributed by atoms with E-state index in [0.29, 0.717) is 12.1 Å². The third kappa shape index (κ3) is 1.84. The summed E-state index contributed by atoms with van der Waals surface area (Å²) < 4.78 is 0. The van der Waals surface area contributed by atoms with Crippen LogP contribution in [0.1, 0.15) is 16.7 Å². The van der Waals surface area contributed by atoms with E-state index >= 15 is 0 Å². The second kappa shape index (κ2) is 3.53. The molecule has 70 valence electrons. The Bertz CT molecular complexity index is 348. The molecule has 0 radical (unpaired) electrons. The third-order valence-electron chi connectivity index (χ3n) is 2.05. The summed E-state index contributed by atoms with van der Waals surface area (Å²) in [5.74, 6) is 0. The normalized spacial score (nSPS) is 10.1. The minimum atomic E-state index is -0.374. The van der Waals surface area contributed by atoms with Crippen molar-refractivity contribution in [2.75, 3.05) is 0 Å². The molecule has 2 N–H and O–H groups in total. The molecule has 0 aliphatic carbocycles. The van der Waals surface area contributed by atoms with Gasteiger partial charge in [-0.25, -0.2) is 0 Å². The fourth-order valence-electron chi connectivity index (χ4n) is 1.31. The van der Waals surface area contributed by atoms with Crippen LogP contribution in [0.2, 0.25) is 0 Å². The number of nitrogens with zero attached hydrogens (tertiary/aromatic N) is 1. The monoisotopic (exact) mass is 180 g/mol. The SMILES string of the molecule is Cc1cc(CN)c(C)c([N+](=O)[O-])c1. The number of nitrogens with two attached hydrogens (primary N) is 1. The average Bonchev–Trinajstić information content (AvgIpc) is 2.08. The summed E-state index contributed by atoms with van der Waals surface area (Å²) in [7, 11) is 0. The molecule has 0 atom stereocenters. The molecule has 0 spiro atoms. The smallest absolute Gasteiger partial charge is 0.272 e. The van der Waals surface area contributed by atoms with E-state index < -0.39 is 0 Å². The van der Waals surface area contributed by atoms with E-state index in [-0.39, 0.29) is 10.6 Å². The number of rotatable bonds is 2. The zero-order chi connectivity index (χ0) is 10.0. The van der Waals surface area contributed by atoms with Crippen molar-refractivity contribution in [1.29, 1.82) is 0 Å². The fourth-order valence-corrected chi connectivity index (χ4v) is 1.31. The zero-order valence-electron chi connectivity index (χ0n) is 7.70. The Balaban J connectivity index is 3.35. The highest BCUT2D eigenvalue weighted by Gasteiger charge is 2.13. The second-order valence-corrected chi connectivity index (χ2v) is 3.03. The summed E-state index contributed by atoms with van der Waals surface area (Å²) >= 11 is 0. The predicted octanol–water partition coefficient (Wildman–Crippen LogP) is 1.67. The second-order valence-electron chi connectivity index (χ2n) is 3.03. The van der Waals surface area contributed by atoms with Crippen LogP contribution in [0.3, 0.4) is 0 Å². The van der Waals surface area contributed by atoms with Gasteiger partial charge in [-0.2, -0.15) is 0 Å². The number of benzene rings is 1. The van der Waals surface area contributed by atoms with Crippen LogP contribution >= 0.6 is 0 Å². The highest BCUT2D eigenvalue weighted by molar-refractivity contribution is 5.47. The van der Waals surface area contributed by atoms with Crippen LogP contribution in [0.5, 0.6) is 0 Å². The largest absolute Gasteiger partial charge is 0.326 e. The summed E-state index contributed by atoms with van der Waals surface area (Å²) in [4.78, 5) is 10.2. The summed E-state index contributed by atoms with van der Waals surface area (Å²) in [5.41, 5.74) is 8.00. The van der Waals surface area contributed by atoms with Gasteiger partial charge in [0.15, 0.2) is 0 Å². The Hall–Kier alpha value is -1.42. The minimum absolute atomic E-state index is 0.153. The Morgan fingerprint density at radius 1 is 1.46 bits per heavy atom. The van der Waals surface area contributed by atoms with Gasteiger partial charge in [-0.05, 0) is 25.0 Å². The number of nitro benzene ring substituents is 1. The molecule has 0 fully saturated rings. The van der Waals surface area contributed by atoms with Crippen LogP contribution in [0.25, 0.3) is 0 Å². The lowest BCUT2D eigenvalue weighted by Gasteiger charge is -2.04. The number of hydrogen-bond donors (Lipinski definition) is 1. The van der Waals surface area contributed by atoms with E-state index in [1.807, 2.05) is 13.0 Å². The molecule has 4 heteroatoms. The summed E-state index contributed by atoms with van der Waals surface area (Å²) in [6.07, 6.45) is 0. The van der Waals surface area contributed by atoms with Gasteiger partial charge in [-0.1, -0.05) is 6.07 Å². The van der Waals surface area contributed by atoms with Crippen molar-refractivity contribution in [3.8, 4) is 0 Å². The molecule has 0 amide bonds. The van der Waals surface area contributed by atoms with Crippen LogP contribution in [0.4, 0.5) is 5.69 Å². The minimum Gasteiger partial charge on any atom is -0.326 e. The van der Waals surface area contributed by atoms with Crippen molar-refractivity contribution in [2.45, 2.75) is 20.4 Å². The topological polar surface area (TPSA) is 69.2 Å². The van der Waals surface area contributed by atoms with Crippen LogP contribution < -0.4 is 5.73 Å². The highest BCUT2D eigenvalue weighted by Crippen LogP contribution is 2.22. The van der Waals surface area contributed by atoms with Gasteiger partial charge in [0.1, 0.15) is 0 Å². The maximum Gasteiger partial charge on any atom is 0.272 e. The summed E-state index contributed by atoms with van der Waals surface area (Å²) in [6, 6.07) is 3.44. The lowest BCUT2D eigenvalue weighted by molar-refractivity contribution is -0.385. The Kier molecular flexibility index (Phi) is 2.63. The Morgan fingerprint density at radius 3 is 2.54 bits per heavy atom. The molecule has 1 aromatic carbocycles. The van der Waals surface area contributed by atoms with Gasteiger partial charge in [0, 0.05) is 18.2 Å². The fraction of sp³-hybridized carbons (Fsp3) is 0.333.